The maximum atomic E-state index is 4.45. The van der Waals surface area contributed by atoms with E-state index in [0.717, 1.165) is 24.7 Å². The van der Waals surface area contributed by atoms with E-state index in [0.29, 0.717) is 6.04 Å². The maximum absolute atomic E-state index is 4.45. The van der Waals surface area contributed by atoms with E-state index in [4.69, 9.17) is 0 Å². The Bertz CT molecular complexity index is 341. The van der Waals surface area contributed by atoms with Gasteiger partial charge in [-0.1, -0.05) is 6.08 Å². The molecule has 0 amide bonds. The fraction of sp³-hybridized carbons (Fsp3) is 0.583. The van der Waals surface area contributed by atoms with Gasteiger partial charge < -0.3 is 14.8 Å². The van der Waals surface area contributed by atoms with Crippen LogP contribution in [0.5, 0.6) is 0 Å². The second kappa shape index (κ2) is 5.70. The summed E-state index contributed by atoms with van der Waals surface area (Å²) in [5.41, 5.74) is 1.03. The van der Waals surface area contributed by atoms with Gasteiger partial charge in [-0.15, -0.1) is 6.58 Å². The van der Waals surface area contributed by atoms with Gasteiger partial charge in [0.2, 0.25) is 5.95 Å². The van der Waals surface area contributed by atoms with Gasteiger partial charge in [-0.3, -0.25) is 0 Å². The van der Waals surface area contributed by atoms with Crippen molar-refractivity contribution in [3.05, 3.63) is 24.5 Å². The molecular formula is C12H22N4. The predicted octanol–water partition coefficient (Wildman–Crippen LogP) is 1.74. The molecule has 1 aromatic rings. The fourth-order valence-electron chi connectivity index (χ4n) is 1.39. The molecule has 4 heteroatoms. The summed E-state index contributed by atoms with van der Waals surface area (Å²) in [6.07, 6.45) is 3.91. The molecule has 1 aromatic heterocycles. The highest BCUT2D eigenvalue weighted by Crippen LogP contribution is 2.08. The quantitative estimate of drug-likeness (QED) is 0.744. The third kappa shape index (κ3) is 3.38. The Labute approximate surface area is 98.0 Å². The Balaban J connectivity index is 2.62. The predicted molar refractivity (Wildman–Crippen MR) is 68.8 cm³/mol. The first-order valence-corrected chi connectivity index (χ1v) is 5.59. The topological polar surface area (TPSA) is 33.1 Å². The van der Waals surface area contributed by atoms with Gasteiger partial charge in [-0.2, -0.15) is 0 Å². The third-order valence-corrected chi connectivity index (χ3v) is 2.66. The smallest absolute Gasteiger partial charge is 0.203 e. The van der Waals surface area contributed by atoms with Gasteiger partial charge in [0, 0.05) is 25.3 Å². The molecule has 0 aliphatic rings. The van der Waals surface area contributed by atoms with Crippen LogP contribution in [0.2, 0.25) is 0 Å². The molecule has 0 bridgehead atoms. The molecule has 0 spiro atoms. The molecule has 90 valence electrons. The number of aromatic nitrogens is 2. The normalized spacial score (nSPS) is 12.8. The molecule has 0 radical (unpaired) electrons. The molecule has 0 aliphatic carbocycles. The molecule has 1 atom stereocenters. The first kappa shape index (κ1) is 12.8. The zero-order valence-corrected chi connectivity index (χ0v) is 10.7. The summed E-state index contributed by atoms with van der Waals surface area (Å²) in [7, 11) is 4.15. The number of allylic oxidation sites excluding steroid dienone is 1. The first-order chi connectivity index (χ1) is 7.54. The van der Waals surface area contributed by atoms with Crippen molar-refractivity contribution in [2.75, 3.05) is 26.0 Å². The summed E-state index contributed by atoms with van der Waals surface area (Å²) >= 11 is 0. The van der Waals surface area contributed by atoms with Crippen LogP contribution in [0.15, 0.2) is 18.9 Å². The number of aryl methyl sites for hydroxylation is 1. The lowest BCUT2D eigenvalue weighted by molar-refractivity contribution is 0.325. The monoisotopic (exact) mass is 222 g/mol. The number of rotatable bonds is 6. The van der Waals surface area contributed by atoms with Crippen LogP contribution < -0.4 is 5.32 Å². The van der Waals surface area contributed by atoms with Gasteiger partial charge >= 0.3 is 0 Å². The average molecular weight is 222 g/mol. The second-order valence-electron chi connectivity index (χ2n) is 4.34. The van der Waals surface area contributed by atoms with Gasteiger partial charge in [0.25, 0.3) is 0 Å². The molecule has 0 saturated heterocycles. The van der Waals surface area contributed by atoms with Crippen LogP contribution in [0, 0.1) is 6.92 Å². The molecule has 0 saturated carbocycles. The van der Waals surface area contributed by atoms with Crippen molar-refractivity contribution >= 4 is 5.95 Å². The van der Waals surface area contributed by atoms with E-state index in [1.54, 1.807) is 0 Å². The summed E-state index contributed by atoms with van der Waals surface area (Å²) in [4.78, 5) is 6.63. The minimum atomic E-state index is 0.481. The van der Waals surface area contributed by atoms with E-state index in [2.05, 4.69) is 47.4 Å². The van der Waals surface area contributed by atoms with Crippen molar-refractivity contribution in [2.45, 2.75) is 26.4 Å². The number of nitrogens with one attached hydrogen (secondary N) is 1. The number of nitrogens with zero attached hydrogens (tertiary/aromatic N) is 3. The van der Waals surface area contributed by atoms with Crippen molar-refractivity contribution in [2.24, 2.45) is 0 Å². The molecule has 4 nitrogen and oxygen atoms in total. The Morgan fingerprint density at radius 1 is 1.62 bits per heavy atom. The Morgan fingerprint density at radius 2 is 2.31 bits per heavy atom. The maximum Gasteiger partial charge on any atom is 0.203 e. The van der Waals surface area contributed by atoms with Crippen molar-refractivity contribution in [3.8, 4) is 0 Å². The van der Waals surface area contributed by atoms with Crippen LogP contribution in [-0.4, -0.2) is 41.1 Å². The van der Waals surface area contributed by atoms with E-state index in [1.165, 1.54) is 0 Å². The van der Waals surface area contributed by atoms with E-state index < -0.39 is 0 Å². The highest BCUT2D eigenvalue weighted by molar-refractivity contribution is 5.29. The first-order valence-electron chi connectivity index (χ1n) is 5.59. The van der Waals surface area contributed by atoms with Crippen molar-refractivity contribution in [1.29, 1.82) is 0 Å². The summed E-state index contributed by atoms with van der Waals surface area (Å²) in [6.45, 7) is 9.61. The number of hydrogen-bond acceptors (Lipinski definition) is 3. The van der Waals surface area contributed by atoms with E-state index in [9.17, 15) is 0 Å². The number of anilines is 1. The van der Waals surface area contributed by atoms with Crippen LogP contribution in [-0.2, 0) is 6.54 Å². The van der Waals surface area contributed by atoms with Gasteiger partial charge in [-0.05, 0) is 27.9 Å². The number of likely N-dealkylation sites (N-methyl/N-ethyl adjacent to an activating group) is 1. The molecular weight excluding hydrogens is 200 g/mol. The van der Waals surface area contributed by atoms with Crippen molar-refractivity contribution in [3.63, 3.8) is 0 Å². The average Bonchev–Trinajstić information content (AvgIpc) is 2.56. The van der Waals surface area contributed by atoms with Crippen molar-refractivity contribution in [1.82, 2.24) is 14.5 Å². The highest BCUT2D eigenvalue weighted by Gasteiger charge is 2.07. The lowest BCUT2D eigenvalue weighted by Crippen LogP contribution is -2.32. The van der Waals surface area contributed by atoms with E-state index in [-0.39, 0.29) is 0 Å². The molecule has 1 N–H and O–H groups in total. The molecule has 1 heterocycles. The number of hydrogen-bond donors (Lipinski definition) is 1. The molecule has 0 aliphatic heterocycles. The Hall–Kier alpha value is -1.29. The lowest BCUT2D eigenvalue weighted by atomic mass is 10.3. The molecule has 1 rings (SSSR count). The zero-order chi connectivity index (χ0) is 12.1. The van der Waals surface area contributed by atoms with Gasteiger partial charge in [0.05, 0.1) is 5.69 Å². The minimum Gasteiger partial charge on any atom is -0.354 e. The standard InChI is InChI=1S/C12H22N4/c1-6-7-16-9-10(2)14-12(16)13-8-11(3)15(4)5/h6,9,11H,1,7-8H2,2-5H3,(H,13,14). The number of imidazole rings is 1. The zero-order valence-electron chi connectivity index (χ0n) is 10.7. The van der Waals surface area contributed by atoms with Crippen LogP contribution in [0.25, 0.3) is 0 Å². The van der Waals surface area contributed by atoms with Crippen LogP contribution in [0.1, 0.15) is 12.6 Å². The summed E-state index contributed by atoms with van der Waals surface area (Å²) in [5.74, 6) is 0.922. The summed E-state index contributed by atoms with van der Waals surface area (Å²) in [5, 5.41) is 3.36. The summed E-state index contributed by atoms with van der Waals surface area (Å²) in [6, 6.07) is 0.481. The summed E-state index contributed by atoms with van der Waals surface area (Å²) < 4.78 is 2.07. The van der Waals surface area contributed by atoms with E-state index >= 15 is 0 Å². The minimum absolute atomic E-state index is 0.481. The molecule has 1 unspecified atom stereocenters. The largest absolute Gasteiger partial charge is 0.354 e. The van der Waals surface area contributed by atoms with Gasteiger partial charge in [-0.25, -0.2) is 4.98 Å². The third-order valence-electron chi connectivity index (χ3n) is 2.66. The van der Waals surface area contributed by atoms with Gasteiger partial charge in [0.15, 0.2) is 0 Å². The van der Waals surface area contributed by atoms with Crippen LogP contribution in [0.3, 0.4) is 0 Å². The van der Waals surface area contributed by atoms with E-state index in [1.807, 2.05) is 19.2 Å². The SMILES string of the molecule is C=CCn1cc(C)nc1NCC(C)N(C)C. The molecule has 16 heavy (non-hydrogen) atoms. The second-order valence-corrected chi connectivity index (χ2v) is 4.34. The van der Waals surface area contributed by atoms with Crippen LogP contribution >= 0.6 is 0 Å². The molecule has 0 aromatic carbocycles. The fourth-order valence-corrected chi connectivity index (χ4v) is 1.39. The molecule has 0 fully saturated rings. The van der Waals surface area contributed by atoms with Crippen molar-refractivity contribution < 1.29 is 0 Å². The van der Waals surface area contributed by atoms with Gasteiger partial charge in [0.1, 0.15) is 0 Å². The lowest BCUT2D eigenvalue weighted by Gasteiger charge is -2.20. The highest BCUT2D eigenvalue weighted by atomic mass is 15.2. The Kier molecular flexibility index (Phi) is 4.55. The van der Waals surface area contributed by atoms with Crippen LogP contribution in [0.4, 0.5) is 5.95 Å². The Morgan fingerprint density at radius 3 is 2.88 bits per heavy atom.